The molecule has 3 rings (SSSR count). The Bertz CT molecular complexity index is 1110. The first kappa shape index (κ1) is 33.5. The average molecular weight is 584 g/mol. The molecule has 1 fully saturated rings. The van der Waals surface area contributed by atoms with Crippen LogP contribution in [0.2, 0.25) is 0 Å². The molecule has 42 heavy (non-hydrogen) atoms. The summed E-state index contributed by atoms with van der Waals surface area (Å²) < 4.78 is 11.8. The van der Waals surface area contributed by atoms with E-state index in [1.807, 2.05) is 56.4 Å². The molecule has 0 spiro atoms. The number of hydrogen-bond donors (Lipinski definition) is 2. The zero-order valence-electron chi connectivity index (χ0n) is 26.0. The first-order valence-electron chi connectivity index (χ1n) is 15.0. The minimum Gasteiger partial charge on any atom is -0.457 e. The van der Waals surface area contributed by atoms with Crippen LogP contribution in [0.1, 0.15) is 71.4 Å². The molecule has 0 saturated carbocycles. The van der Waals surface area contributed by atoms with Gasteiger partial charge < -0.3 is 29.5 Å². The maximum Gasteiger partial charge on any atom is 0.410 e. The number of esters is 1. The standard InChI is InChI=1S/C33H49N3O6/c1-23(28-12-7-8-19-34-28)10-9-11-24(2)31-25(3)13-14-29(33(4,40)18-15-27(37)22-30(38)42-31)41-32(39)36(6)26-16-20-35(5)21-17-26/h7-14,19,23,25-27,29,31,37,40H,15-18,20-22H2,1-6H3/b10-9+,14-13-,24-11+/t23-,25-,27-,29-,31+,33-/m0/s1. The molecule has 0 radical (unpaired) electrons. The van der Waals surface area contributed by atoms with Crippen LogP contribution >= 0.6 is 0 Å². The summed E-state index contributed by atoms with van der Waals surface area (Å²) in [5.74, 6) is -0.701. The molecule has 3 heterocycles. The molecule has 0 unspecified atom stereocenters. The van der Waals surface area contributed by atoms with Crippen molar-refractivity contribution < 1.29 is 29.3 Å². The first-order chi connectivity index (χ1) is 19.9. The Kier molecular flexibility index (Phi) is 12.3. The summed E-state index contributed by atoms with van der Waals surface area (Å²) in [5.41, 5.74) is 0.323. The second kappa shape index (κ2) is 15.5. The topological polar surface area (TPSA) is 112 Å². The van der Waals surface area contributed by atoms with Crippen molar-refractivity contribution in [3.05, 3.63) is 66.0 Å². The van der Waals surface area contributed by atoms with Crippen LogP contribution in [0, 0.1) is 5.92 Å². The number of aromatic nitrogens is 1. The van der Waals surface area contributed by atoms with Crippen LogP contribution < -0.4 is 0 Å². The van der Waals surface area contributed by atoms with Gasteiger partial charge in [-0.25, -0.2) is 4.79 Å². The van der Waals surface area contributed by atoms with E-state index in [4.69, 9.17) is 9.47 Å². The summed E-state index contributed by atoms with van der Waals surface area (Å²) in [7, 11) is 3.81. The number of pyridine rings is 1. The number of piperidine rings is 1. The summed E-state index contributed by atoms with van der Waals surface area (Å²) in [5, 5.41) is 22.0. The number of ether oxygens (including phenoxy) is 2. The highest BCUT2D eigenvalue weighted by Crippen LogP contribution is 2.28. The van der Waals surface area contributed by atoms with E-state index in [1.54, 1.807) is 31.1 Å². The first-order valence-corrected chi connectivity index (χ1v) is 15.0. The molecule has 2 aliphatic heterocycles. The lowest BCUT2D eigenvalue weighted by Crippen LogP contribution is -2.48. The molecule has 9 heteroatoms. The summed E-state index contributed by atoms with van der Waals surface area (Å²) >= 11 is 0. The molecule has 0 aliphatic carbocycles. The van der Waals surface area contributed by atoms with Crippen LogP contribution in [-0.4, -0.2) is 94.2 Å². The molecule has 1 saturated heterocycles. The van der Waals surface area contributed by atoms with Gasteiger partial charge in [0.15, 0.2) is 6.10 Å². The molecule has 2 N–H and O–H groups in total. The van der Waals surface area contributed by atoms with Gasteiger partial charge >= 0.3 is 12.1 Å². The smallest absolute Gasteiger partial charge is 0.410 e. The maximum absolute atomic E-state index is 13.2. The number of hydrogen-bond acceptors (Lipinski definition) is 8. The van der Waals surface area contributed by atoms with Crippen LogP contribution in [0.5, 0.6) is 0 Å². The zero-order valence-corrected chi connectivity index (χ0v) is 26.0. The third-order valence-electron chi connectivity index (χ3n) is 8.44. The molecular weight excluding hydrogens is 534 g/mol. The maximum atomic E-state index is 13.2. The van der Waals surface area contributed by atoms with E-state index in [1.165, 1.54) is 0 Å². The number of cyclic esters (lactones) is 1. The number of rotatable bonds is 6. The van der Waals surface area contributed by atoms with E-state index < -0.39 is 36.0 Å². The molecule has 0 aromatic carbocycles. The van der Waals surface area contributed by atoms with Crippen molar-refractivity contribution in [3.63, 3.8) is 0 Å². The van der Waals surface area contributed by atoms with Crippen LogP contribution in [-0.2, 0) is 14.3 Å². The second-order valence-corrected chi connectivity index (χ2v) is 12.2. The molecule has 9 nitrogen and oxygen atoms in total. The largest absolute Gasteiger partial charge is 0.457 e. The molecule has 1 aromatic rings. The van der Waals surface area contributed by atoms with Crippen molar-refractivity contribution in [1.29, 1.82) is 0 Å². The molecule has 0 bridgehead atoms. The van der Waals surface area contributed by atoms with Gasteiger partial charge in [-0.2, -0.15) is 0 Å². The Hall–Kier alpha value is -3.01. The fourth-order valence-corrected chi connectivity index (χ4v) is 5.39. The summed E-state index contributed by atoms with van der Waals surface area (Å²) in [6, 6.07) is 5.88. The van der Waals surface area contributed by atoms with Gasteiger partial charge in [0.05, 0.1) is 12.5 Å². The predicted octanol–water partition coefficient (Wildman–Crippen LogP) is 4.62. The van der Waals surface area contributed by atoms with Crippen molar-refractivity contribution in [2.24, 2.45) is 5.92 Å². The lowest BCUT2D eigenvalue weighted by Gasteiger charge is -2.37. The second-order valence-electron chi connectivity index (χ2n) is 12.2. The van der Waals surface area contributed by atoms with Gasteiger partial charge in [0.1, 0.15) is 11.7 Å². The number of aliphatic hydroxyl groups excluding tert-OH is 1. The molecule has 1 amide bonds. The van der Waals surface area contributed by atoms with Crippen molar-refractivity contribution >= 4 is 12.1 Å². The molecule has 2 aliphatic rings. The third-order valence-corrected chi connectivity index (χ3v) is 8.44. The van der Waals surface area contributed by atoms with Gasteiger partial charge in [-0.1, -0.05) is 44.2 Å². The van der Waals surface area contributed by atoms with Gasteiger partial charge in [0.25, 0.3) is 0 Å². The van der Waals surface area contributed by atoms with Gasteiger partial charge in [-0.3, -0.25) is 9.78 Å². The third kappa shape index (κ3) is 9.78. The van der Waals surface area contributed by atoms with Gasteiger partial charge in [-0.15, -0.1) is 0 Å². The van der Waals surface area contributed by atoms with Crippen LogP contribution in [0.25, 0.3) is 0 Å². The molecule has 1 aromatic heterocycles. The highest BCUT2D eigenvalue weighted by molar-refractivity contribution is 5.70. The number of carbonyl (C=O) groups is 2. The van der Waals surface area contributed by atoms with Gasteiger partial charge in [0, 0.05) is 36.8 Å². The van der Waals surface area contributed by atoms with Crippen molar-refractivity contribution in [2.45, 2.75) is 95.7 Å². The fourth-order valence-electron chi connectivity index (χ4n) is 5.39. The Morgan fingerprint density at radius 3 is 2.64 bits per heavy atom. The Morgan fingerprint density at radius 2 is 1.98 bits per heavy atom. The van der Waals surface area contributed by atoms with E-state index in [9.17, 15) is 19.8 Å². The highest BCUT2D eigenvalue weighted by atomic mass is 16.6. The lowest BCUT2D eigenvalue weighted by molar-refractivity contribution is -0.151. The summed E-state index contributed by atoms with van der Waals surface area (Å²) in [6.45, 7) is 9.27. The van der Waals surface area contributed by atoms with E-state index in [2.05, 4.69) is 23.9 Å². The molecular formula is C33H49N3O6. The Morgan fingerprint density at radius 1 is 1.26 bits per heavy atom. The number of likely N-dealkylation sites (tertiary alicyclic amines) is 1. The fraction of sp³-hybridized carbons (Fsp3) is 0.606. The lowest BCUT2D eigenvalue weighted by atomic mass is 9.88. The van der Waals surface area contributed by atoms with E-state index in [-0.39, 0.29) is 37.1 Å². The van der Waals surface area contributed by atoms with Crippen LogP contribution in [0.15, 0.2) is 60.3 Å². The summed E-state index contributed by atoms with van der Waals surface area (Å²) in [4.78, 5) is 34.2. The minimum absolute atomic E-state index is 0.0691. The van der Waals surface area contributed by atoms with E-state index >= 15 is 0 Å². The van der Waals surface area contributed by atoms with Crippen LogP contribution in [0.3, 0.4) is 0 Å². The van der Waals surface area contributed by atoms with E-state index in [0.717, 1.165) is 37.2 Å². The highest BCUT2D eigenvalue weighted by Gasteiger charge is 2.37. The number of carbonyl (C=O) groups excluding carboxylic acids is 2. The van der Waals surface area contributed by atoms with Gasteiger partial charge in [0.2, 0.25) is 0 Å². The van der Waals surface area contributed by atoms with Crippen molar-refractivity contribution in [2.75, 3.05) is 27.2 Å². The Balaban J connectivity index is 1.80. The summed E-state index contributed by atoms with van der Waals surface area (Å²) in [6.07, 6.45) is 9.91. The van der Waals surface area contributed by atoms with Crippen molar-refractivity contribution in [3.8, 4) is 0 Å². The molecule has 6 atom stereocenters. The number of aliphatic hydroxyl groups is 2. The average Bonchev–Trinajstić information content (AvgIpc) is 2.96. The number of amides is 1. The van der Waals surface area contributed by atoms with E-state index in [0.29, 0.717) is 0 Å². The quantitative estimate of drug-likeness (QED) is 0.284. The predicted molar refractivity (Wildman–Crippen MR) is 163 cm³/mol. The number of allylic oxidation sites excluding steroid dienone is 3. The van der Waals surface area contributed by atoms with Crippen molar-refractivity contribution in [1.82, 2.24) is 14.8 Å². The SMILES string of the molecule is C/C(=C\C=C\[C@H](C)c1ccccn1)[C@H]1OC(=O)C[C@@H](O)CC[C@](C)(O)[C@@H](OC(=O)N(C)C2CCN(C)CC2)/C=C\[C@@H]1C. The molecule has 232 valence electrons. The number of nitrogens with zero attached hydrogens (tertiary/aromatic N) is 3. The Labute approximate surface area is 250 Å². The monoisotopic (exact) mass is 583 g/mol. The van der Waals surface area contributed by atoms with Gasteiger partial charge in [-0.05, 0) is 83.4 Å². The zero-order chi connectivity index (χ0) is 30.9. The minimum atomic E-state index is -1.45. The van der Waals surface area contributed by atoms with Crippen LogP contribution in [0.4, 0.5) is 4.79 Å². The normalized spacial score (nSPS) is 30.6.